The van der Waals surface area contributed by atoms with E-state index in [4.69, 9.17) is 11.6 Å². The molecule has 7 nitrogen and oxygen atoms in total. The topological polar surface area (TPSA) is 61.1 Å². The van der Waals surface area contributed by atoms with E-state index < -0.39 is 0 Å². The molecule has 2 aromatic heterocycles. The number of pyridine rings is 1. The highest BCUT2D eigenvalue weighted by Crippen LogP contribution is 2.20. The van der Waals surface area contributed by atoms with E-state index in [1.54, 1.807) is 0 Å². The smallest absolute Gasteiger partial charge is 0.193 e. The third kappa shape index (κ3) is 4.04. The van der Waals surface area contributed by atoms with Crippen LogP contribution in [0, 0.1) is 0 Å². The van der Waals surface area contributed by atoms with E-state index in [9.17, 15) is 0 Å². The van der Waals surface area contributed by atoms with Gasteiger partial charge in [0.2, 0.25) is 0 Å². The van der Waals surface area contributed by atoms with Crippen molar-refractivity contribution in [2.24, 2.45) is 4.99 Å². The molecule has 3 heterocycles. The fraction of sp³-hybridized carbons (Fsp3) is 0.350. The van der Waals surface area contributed by atoms with Gasteiger partial charge in [0, 0.05) is 63.1 Å². The fourth-order valence-corrected chi connectivity index (χ4v) is 3.71. The standard InChI is InChI=1S/C20H24ClN7/c1-22-20(23-9-8-19-25-24-18-7-2-3-10-28(18)19)27-13-11-26(12-14-27)17-6-4-5-16(21)15-17/h2-7,10,15H,8-9,11-14H2,1H3,(H,22,23). The van der Waals surface area contributed by atoms with Crippen molar-refractivity contribution < 1.29 is 0 Å². The highest BCUT2D eigenvalue weighted by Gasteiger charge is 2.20. The minimum absolute atomic E-state index is 0.761. The number of nitrogens with zero attached hydrogens (tertiary/aromatic N) is 6. The molecule has 1 aromatic carbocycles. The average molecular weight is 398 g/mol. The molecule has 0 saturated carbocycles. The van der Waals surface area contributed by atoms with Gasteiger partial charge in [-0.2, -0.15) is 0 Å². The van der Waals surface area contributed by atoms with Crippen LogP contribution in [0.3, 0.4) is 0 Å². The summed E-state index contributed by atoms with van der Waals surface area (Å²) >= 11 is 6.12. The number of nitrogens with one attached hydrogen (secondary N) is 1. The molecule has 146 valence electrons. The molecule has 1 N–H and O–H groups in total. The van der Waals surface area contributed by atoms with Crippen molar-refractivity contribution in [2.45, 2.75) is 6.42 Å². The molecule has 0 bridgehead atoms. The maximum Gasteiger partial charge on any atom is 0.193 e. The van der Waals surface area contributed by atoms with E-state index in [0.717, 1.165) is 61.6 Å². The molecule has 0 radical (unpaired) electrons. The van der Waals surface area contributed by atoms with Gasteiger partial charge in [0.05, 0.1) is 0 Å². The summed E-state index contributed by atoms with van der Waals surface area (Å²) in [6.45, 7) is 4.47. The molecular formula is C20H24ClN7. The lowest BCUT2D eigenvalue weighted by Crippen LogP contribution is -2.52. The number of aliphatic imine (C=N–C) groups is 1. The highest BCUT2D eigenvalue weighted by atomic mass is 35.5. The highest BCUT2D eigenvalue weighted by molar-refractivity contribution is 6.30. The minimum atomic E-state index is 0.761. The minimum Gasteiger partial charge on any atom is -0.368 e. The number of piperazine rings is 1. The molecule has 4 rings (SSSR count). The zero-order chi connectivity index (χ0) is 19.3. The summed E-state index contributed by atoms with van der Waals surface area (Å²) in [6.07, 6.45) is 2.78. The summed E-state index contributed by atoms with van der Waals surface area (Å²) < 4.78 is 2.02. The number of benzene rings is 1. The van der Waals surface area contributed by atoms with E-state index in [2.05, 4.69) is 36.4 Å². The van der Waals surface area contributed by atoms with E-state index in [-0.39, 0.29) is 0 Å². The zero-order valence-corrected chi connectivity index (χ0v) is 16.7. The van der Waals surface area contributed by atoms with Crippen LogP contribution in [0.4, 0.5) is 5.69 Å². The first-order chi connectivity index (χ1) is 13.7. The van der Waals surface area contributed by atoms with Gasteiger partial charge in [-0.25, -0.2) is 0 Å². The van der Waals surface area contributed by atoms with Gasteiger partial charge in [-0.15, -0.1) is 10.2 Å². The van der Waals surface area contributed by atoms with E-state index in [1.807, 2.05) is 54.0 Å². The number of rotatable bonds is 4. The monoisotopic (exact) mass is 397 g/mol. The van der Waals surface area contributed by atoms with Crippen LogP contribution in [0.2, 0.25) is 5.02 Å². The van der Waals surface area contributed by atoms with Crippen LogP contribution in [0.15, 0.2) is 53.7 Å². The van der Waals surface area contributed by atoms with Gasteiger partial charge >= 0.3 is 0 Å². The van der Waals surface area contributed by atoms with Crippen molar-refractivity contribution in [1.82, 2.24) is 24.8 Å². The van der Waals surface area contributed by atoms with Crippen molar-refractivity contribution in [3.05, 3.63) is 59.5 Å². The van der Waals surface area contributed by atoms with Gasteiger partial charge in [0.1, 0.15) is 5.82 Å². The number of guanidine groups is 1. The maximum absolute atomic E-state index is 6.12. The molecule has 0 aliphatic carbocycles. The summed E-state index contributed by atoms with van der Waals surface area (Å²) in [5.41, 5.74) is 2.05. The average Bonchev–Trinajstić information content (AvgIpc) is 3.15. The summed E-state index contributed by atoms with van der Waals surface area (Å²) in [5, 5.41) is 12.7. The zero-order valence-electron chi connectivity index (χ0n) is 15.9. The Balaban J connectivity index is 1.30. The van der Waals surface area contributed by atoms with Crippen molar-refractivity contribution >= 4 is 28.9 Å². The third-order valence-electron chi connectivity index (χ3n) is 4.98. The maximum atomic E-state index is 6.12. The Labute approximate surface area is 169 Å². The predicted molar refractivity (Wildman–Crippen MR) is 113 cm³/mol. The lowest BCUT2D eigenvalue weighted by Gasteiger charge is -2.37. The third-order valence-corrected chi connectivity index (χ3v) is 5.22. The summed E-state index contributed by atoms with van der Waals surface area (Å²) in [7, 11) is 1.83. The Kier molecular flexibility index (Phi) is 5.62. The van der Waals surface area contributed by atoms with Gasteiger partial charge in [-0.1, -0.05) is 23.7 Å². The van der Waals surface area contributed by atoms with Gasteiger partial charge in [-0.3, -0.25) is 9.39 Å². The van der Waals surface area contributed by atoms with Crippen LogP contribution in [0.1, 0.15) is 5.82 Å². The summed E-state index contributed by atoms with van der Waals surface area (Å²) in [6, 6.07) is 14.0. The molecule has 1 aliphatic rings. The predicted octanol–water partition coefficient (Wildman–Crippen LogP) is 2.32. The van der Waals surface area contributed by atoms with Crippen molar-refractivity contribution in [3.63, 3.8) is 0 Å². The lowest BCUT2D eigenvalue weighted by atomic mass is 10.2. The number of anilines is 1. The Bertz CT molecular complexity index is 960. The normalized spacial score (nSPS) is 15.3. The number of hydrogen-bond acceptors (Lipinski definition) is 4. The van der Waals surface area contributed by atoms with Crippen LogP contribution >= 0.6 is 11.6 Å². The van der Waals surface area contributed by atoms with Gasteiger partial charge < -0.3 is 15.1 Å². The van der Waals surface area contributed by atoms with E-state index in [0.29, 0.717) is 0 Å². The SMILES string of the molecule is CN=C(NCCc1nnc2ccccn12)N1CCN(c2cccc(Cl)c2)CC1. The lowest BCUT2D eigenvalue weighted by molar-refractivity contribution is 0.373. The molecule has 0 unspecified atom stereocenters. The van der Waals surface area contributed by atoms with Gasteiger partial charge in [-0.05, 0) is 30.3 Å². The first kappa shape index (κ1) is 18.6. The molecule has 0 atom stereocenters. The fourth-order valence-electron chi connectivity index (χ4n) is 3.53. The van der Waals surface area contributed by atoms with Crippen LogP contribution in [0.5, 0.6) is 0 Å². The number of hydrogen-bond donors (Lipinski definition) is 1. The van der Waals surface area contributed by atoms with Crippen molar-refractivity contribution in [3.8, 4) is 0 Å². The van der Waals surface area contributed by atoms with E-state index in [1.165, 1.54) is 5.69 Å². The number of aromatic nitrogens is 3. The first-order valence-corrected chi connectivity index (χ1v) is 9.87. The van der Waals surface area contributed by atoms with Crippen molar-refractivity contribution in [2.75, 3.05) is 44.7 Å². The summed E-state index contributed by atoms with van der Waals surface area (Å²) in [4.78, 5) is 9.11. The Morgan fingerprint density at radius 2 is 1.96 bits per heavy atom. The summed E-state index contributed by atoms with van der Waals surface area (Å²) in [5.74, 6) is 1.88. The number of fused-ring (bicyclic) bond motifs is 1. The molecule has 0 amide bonds. The molecular weight excluding hydrogens is 374 g/mol. The van der Waals surface area contributed by atoms with Crippen LogP contribution in [-0.4, -0.2) is 65.2 Å². The second-order valence-electron chi connectivity index (χ2n) is 6.72. The Morgan fingerprint density at radius 3 is 2.75 bits per heavy atom. The van der Waals surface area contributed by atoms with Gasteiger partial charge in [0.25, 0.3) is 0 Å². The molecule has 3 aromatic rings. The molecule has 1 saturated heterocycles. The molecule has 28 heavy (non-hydrogen) atoms. The van der Waals surface area contributed by atoms with Crippen molar-refractivity contribution in [1.29, 1.82) is 0 Å². The first-order valence-electron chi connectivity index (χ1n) is 9.49. The quantitative estimate of drug-likeness (QED) is 0.540. The molecule has 0 spiro atoms. The Hall–Kier alpha value is -2.80. The molecule has 1 fully saturated rings. The second-order valence-corrected chi connectivity index (χ2v) is 7.16. The van der Waals surface area contributed by atoms with Crippen LogP contribution in [-0.2, 0) is 6.42 Å². The molecule has 8 heteroatoms. The largest absolute Gasteiger partial charge is 0.368 e. The van der Waals surface area contributed by atoms with Gasteiger partial charge in [0.15, 0.2) is 11.6 Å². The van der Waals surface area contributed by atoms with Crippen LogP contribution in [0.25, 0.3) is 5.65 Å². The second kappa shape index (κ2) is 8.48. The van der Waals surface area contributed by atoms with E-state index >= 15 is 0 Å². The number of halogens is 1. The molecule has 1 aliphatic heterocycles. The Morgan fingerprint density at radius 1 is 1.11 bits per heavy atom. The van der Waals surface area contributed by atoms with Crippen LogP contribution < -0.4 is 10.2 Å².